The molecular weight excluding hydrogens is 408 g/mol. The van der Waals surface area contributed by atoms with Crippen molar-refractivity contribution in [3.05, 3.63) is 53.6 Å². The molecule has 1 aliphatic carbocycles. The molecule has 1 fully saturated rings. The zero-order chi connectivity index (χ0) is 20.1. The van der Waals surface area contributed by atoms with E-state index in [1.54, 1.807) is 7.05 Å². The van der Waals surface area contributed by atoms with Gasteiger partial charge in [-0.1, -0.05) is 11.3 Å². The summed E-state index contributed by atoms with van der Waals surface area (Å²) in [6.07, 6.45) is 1.70. The van der Waals surface area contributed by atoms with Crippen LogP contribution in [0.5, 0.6) is 0 Å². The van der Waals surface area contributed by atoms with E-state index in [4.69, 9.17) is 0 Å². The second-order valence-corrected chi connectivity index (χ2v) is 9.51. The van der Waals surface area contributed by atoms with Gasteiger partial charge in [-0.2, -0.15) is 4.31 Å². The molecule has 0 aliphatic heterocycles. The van der Waals surface area contributed by atoms with Gasteiger partial charge in [0.05, 0.1) is 9.60 Å². The van der Waals surface area contributed by atoms with Gasteiger partial charge >= 0.3 is 0 Å². The van der Waals surface area contributed by atoms with Crippen molar-refractivity contribution in [2.75, 3.05) is 12.4 Å². The van der Waals surface area contributed by atoms with Gasteiger partial charge < -0.3 is 0 Å². The fourth-order valence-corrected chi connectivity index (χ4v) is 5.08. The summed E-state index contributed by atoms with van der Waals surface area (Å²) >= 11 is 0.944. The van der Waals surface area contributed by atoms with E-state index in [1.165, 1.54) is 28.6 Å². The number of carbonyl (C=O) groups is 1. The van der Waals surface area contributed by atoms with Gasteiger partial charge in [0.15, 0.2) is 10.9 Å². The standard InChI is InChI=1S/C18H15F2N3O3S2/c1-23(12-4-5-12)28(25,26)13-6-2-10(3-7-13)17(24)22-18-21-16-14(20)8-11(19)9-15(16)27-18/h2-3,6-9,12H,4-5H2,1H3,(H,21,22,24). The first kappa shape index (κ1) is 18.9. The van der Waals surface area contributed by atoms with Crippen molar-refractivity contribution in [1.82, 2.24) is 9.29 Å². The van der Waals surface area contributed by atoms with Gasteiger partial charge in [-0.05, 0) is 43.2 Å². The number of sulfonamides is 1. The summed E-state index contributed by atoms with van der Waals surface area (Å²) in [6.45, 7) is 0. The quantitative estimate of drug-likeness (QED) is 0.680. The normalized spacial score (nSPS) is 14.6. The van der Waals surface area contributed by atoms with E-state index in [0.29, 0.717) is 0 Å². The summed E-state index contributed by atoms with van der Waals surface area (Å²) in [7, 11) is -2.04. The third kappa shape index (κ3) is 3.50. The Morgan fingerprint density at radius 2 is 1.89 bits per heavy atom. The minimum Gasteiger partial charge on any atom is -0.298 e. The molecule has 0 radical (unpaired) electrons. The lowest BCUT2D eigenvalue weighted by Gasteiger charge is -2.16. The van der Waals surface area contributed by atoms with Crippen LogP contribution in [0.25, 0.3) is 10.2 Å². The first-order chi connectivity index (χ1) is 13.3. The first-order valence-corrected chi connectivity index (χ1v) is 10.7. The minimum atomic E-state index is -3.59. The summed E-state index contributed by atoms with van der Waals surface area (Å²) in [4.78, 5) is 16.5. The molecule has 1 saturated carbocycles. The van der Waals surface area contributed by atoms with Crippen LogP contribution in [0.1, 0.15) is 23.2 Å². The minimum absolute atomic E-state index is 0.0220. The molecule has 3 aromatic rings. The molecule has 4 rings (SSSR count). The predicted octanol–water partition coefficient (Wildman–Crippen LogP) is 3.61. The number of fused-ring (bicyclic) bond motifs is 1. The van der Waals surface area contributed by atoms with E-state index >= 15 is 0 Å². The highest BCUT2D eigenvalue weighted by Gasteiger charge is 2.35. The van der Waals surface area contributed by atoms with Crippen molar-refractivity contribution >= 4 is 42.6 Å². The Morgan fingerprint density at radius 1 is 1.21 bits per heavy atom. The van der Waals surface area contributed by atoms with E-state index in [1.807, 2.05) is 0 Å². The van der Waals surface area contributed by atoms with E-state index in [9.17, 15) is 22.0 Å². The van der Waals surface area contributed by atoms with E-state index in [-0.39, 0.29) is 31.8 Å². The number of carbonyl (C=O) groups excluding carboxylic acids is 1. The number of rotatable bonds is 5. The van der Waals surface area contributed by atoms with Gasteiger partial charge in [-0.3, -0.25) is 10.1 Å². The zero-order valence-corrected chi connectivity index (χ0v) is 16.3. The third-order valence-electron chi connectivity index (χ3n) is 4.49. The highest BCUT2D eigenvalue weighted by atomic mass is 32.2. The van der Waals surface area contributed by atoms with Crippen molar-refractivity contribution in [2.45, 2.75) is 23.8 Å². The molecule has 0 bridgehead atoms. The SMILES string of the molecule is CN(C1CC1)S(=O)(=O)c1ccc(C(=O)Nc2nc3c(F)cc(F)cc3s2)cc1. The topological polar surface area (TPSA) is 79.4 Å². The fourth-order valence-electron chi connectivity index (χ4n) is 2.76. The second-order valence-electron chi connectivity index (χ2n) is 6.48. The summed E-state index contributed by atoms with van der Waals surface area (Å²) in [6, 6.07) is 7.45. The number of nitrogens with one attached hydrogen (secondary N) is 1. The van der Waals surface area contributed by atoms with Crippen molar-refractivity contribution < 1.29 is 22.0 Å². The van der Waals surface area contributed by atoms with Gasteiger partial charge in [0.2, 0.25) is 10.0 Å². The van der Waals surface area contributed by atoms with E-state index in [2.05, 4.69) is 10.3 Å². The Balaban J connectivity index is 1.53. The smallest absolute Gasteiger partial charge is 0.257 e. The van der Waals surface area contributed by atoms with Crippen LogP contribution in [0.15, 0.2) is 41.3 Å². The molecule has 0 unspecified atom stereocenters. The van der Waals surface area contributed by atoms with Crippen LogP contribution in [0.4, 0.5) is 13.9 Å². The maximum absolute atomic E-state index is 13.7. The van der Waals surface area contributed by atoms with Crippen LogP contribution in [0.3, 0.4) is 0 Å². The number of amides is 1. The van der Waals surface area contributed by atoms with Gasteiger partial charge in [0, 0.05) is 24.7 Å². The Hall–Kier alpha value is -2.43. The summed E-state index contributed by atoms with van der Waals surface area (Å²) in [5, 5.41) is 2.64. The molecule has 28 heavy (non-hydrogen) atoms. The lowest BCUT2D eigenvalue weighted by atomic mass is 10.2. The van der Waals surface area contributed by atoms with Crippen LogP contribution in [-0.2, 0) is 10.0 Å². The Kier molecular flexibility index (Phi) is 4.64. The van der Waals surface area contributed by atoms with Crippen molar-refractivity contribution in [1.29, 1.82) is 0 Å². The molecule has 0 atom stereocenters. The number of nitrogens with zero attached hydrogens (tertiary/aromatic N) is 2. The Bertz CT molecular complexity index is 1170. The summed E-state index contributed by atoms with van der Waals surface area (Å²) < 4.78 is 53.6. The van der Waals surface area contributed by atoms with Crippen LogP contribution >= 0.6 is 11.3 Å². The number of anilines is 1. The maximum Gasteiger partial charge on any atom is 0.257 e. The largest absolute Gasteiger partial charge is 0.298 e. The van der Waals surface area contributed by atoms with E-state index < -0.39 is 27.6 Å². The van der Waals surface area contributed by atoms with E-state index in [0.717, 1.165) is 36.3 Å². The van der Waals surface area contributed by atoms with Crippen molar-refractivity contribution in [3.8, 4) is 0 Å². The lowest BCUT2D eigenvalue weighted by molar-refractivity contribution is 0.102. The van der Waals surface area contributed by atoms with Gasteiger partial charge in [-0.15, -0.1) is 0 Å². The molecular formula is C18H15F2N3O3S2. The molecule has 1 aliphatic rings. The van der Waals surface area contributed by atoms with Gasteiger partial charge in [-0.25, -0.2) is 22.2 Å². The predicted molar refractivity (Wildman–Crippen MR) is 102 cm³/mol. The zero-order valence-electron chi connectivity index (χ0n) is 14.6. The molecule has 0 spiro atoms. The highest BCUT2D eigenvalue weighted by molar-refractivity contribution is 7.89. The molecule has 2 aromatic carbocycles. The number of thiazole rings is 1. The fraction of sp³-hybridized carbons (Fsp3) is 0.222. The lowest BCUT2D eigenvalue weighted by Crippen LogP contribution is -2.29. The molecule has 1 amide bonds. The molecule has 10 heteroatoms. The maximum atomic E-state index is 13.7. The average molecular weight is 423 g/mol. The van der Waals surface area contributed by atoms with Crippen LogP contribution in [-0.4, -0.2) is 36.7 Å². The average Bonchev–Trinajstić information content (AvgIpc) is 3.42. The number of benzene rings is 2. The second kappa shape index (κ2) is 6.87. The number of aromatic nitrogens is 1. The first-order valence-electron chi connectivity index (χ1n) is 8.41. The number of hydrogen-bond acceptors (Lipinski definition) is 5. The third-order valence-corrected chi connectivity index (χ3v) is 7.33. The number of halogens is 2. The van der Waals surface area contributed by atoms with Crippen molar-refractivity contribution in [2.24, 2.45) is 0 Å². The van der Waals surface area contributed by atoms with Gasteiger partial charge in [0.1, 0.15) is 11.3 Å². The molecule has 146 valence electrons. The molecule has 0 saturated heterocycles. The van der Waals surface area contributed by atoms with Crippen LogP contribution in [0.2, 0.25) is 0 Å². The van der Waals surface area contributed by atoms with Crippen LogP contribution < -0.4 is 5.32 Å². The van der Waals surface area contributed by atoms with Crippen LogP contribution in [0, 0.1) is 11.6 Å². The summed E-state index contributed by atoms with van der Waals surface area (Å²) in [5.41, 5.74) is 0.199. The summed E-state index contributed by atoms with van der Waals surface area (Å²) in [5.74, 6) is -2.06. The molecule has 1 aromatic heterocycles. The Morgan fingerprint density at radius 3 is 2.54 bits per heavy atom. The van der Waals surface area contributed by atoms with Crippen molar-refractivity contribution in [3.63, 3.8) is 0 Å². The number of hydrogen-bond donors (Lipinski definition) is 1. The highest BCUT2D eigenvalue weighted by Crippen LogP contribution is 2.31. The molecule has 6 nitrogen and oxygen atoms in total. The molecule has 1 heterocycles. The monoisotopic (exact) mass is 423 g/mol. The molecule has 1 N–H and O–H groups in total. The van der Waals surface area contributed by atoms with Gasteiger partial charge in [0.25, 0.3) is 5.91 Å². The Labute approximate surface area is 163 Å².